The van der Waals surface area contributed by atoms with Crippen LogP contribution in [0.25, 0.3) is 0 Å². The highest BCUT2D eigenvalue weighted by atomic mass is 16.5. The highest BCUT2D eigenvalue weighted by Crippen LogP contribution is 1.85. The molecule has 0 rings (SSSR count). The molecule has 0 saturated carbocycles. The van der Waals surface area contributed by atoms with Crippen LogP contribution in [0.3, 0.4) is 0 Å². The van der Waals surface area contributed by atoms with E-state index in [0.29, 0.717) is 0 Å². The number of carbonyl (C=O) groups excluding carboxylic acids is 2. The zero-order valence-corrected chi connectivity index (χ0v) is 5.78. The number of hydrogen-bond donors (Lipinski definition) is 2. The van der Waals surface area contributed by atoms with Crippen molar-refractivity contribution in [2.75, 3.05) is 0 Å². The number of carbonyl (C=O) groups is 2. The van der Waals surface area contributed by atoms with Crippen molar-refractivity contribution >= 4 is 11.9 Å². The third kappa shape index (κ3) is 2.63. The molecule has 0 radical (unpaired) electrons. The van der Waals surface area contributed by atoms with Gasteiger partial charge < -0.3 is 5.32 Å². The topological polar surface area (TPSA) is 69.6 Å². The van der Waals surface area contributed by atoms with Crippen LogP contribution in [0.15, 0.2) is 25.4 Å². The molecule has 0 spiro atoms. The summed E-state index contributed by atoms with van der Waals surface area (Å²) in [5.41, 5.74) is 0. The van der Waals surface area contributed by atoms with Crippen molar-refractivity contribution in [1.29, 1.82) is 0 Å². The minimum absolute atomic E-state index is 0.103. The molecule has 5 heteroatoms. The maximum atomic E-state index is 10.6. The Morgan fingerprint density at radius 2 is 2.00 bits per heavy atom. The summed E-state index contributed by atoms with van der Waals surface area (Å²) in [5.74, 6) is -0.899. The molecule has 0 aromatic carbocycles. The van der Waals surface area contributed by atoms with Crippen LogP contribution in [0.4, 0.5) is 4.79 Å². The average Bonchev–Trinajstić information content (AvgIpc) is 2.02. The maximum absolute atomic E-state index is 10.6. The maximum Gasteiger partial charge on any atom is 0.352 e. The van der Waals surface area contributed by atoms with Gasteiger partial charge in [-0.3, -0.25) is 10.0 Å². The number of amides is 3. The molecule has 0 heterocycles. The van der Waals surface area contributed by atoms with E-state index >= 15 is 0 Å². The van der Waals surface area contributed by atoms with Crippen LogP contribution in [0.5, 0.6) is 0 Å². The first-order valence-corrected chi connectivity index (χ1v) is 2.70. The molecule has 11 heavy (non-hydrogen) atoms. The molecule has 60 valence electrons. The lowest BCUT2D eigenvalue weighted by atomic mass is 10.6. The summed E-state index contributed by atoms with van der Waals surface area (Å²) in [6.07, 6.45) is 1.85. The molecule has 5 nitrogen and oxygen atoms in total. The van der Waals surface area contributed by atoms with Crippen molar-refractivity contribution in [2.45, 2.75) is 0 Å². The van der Waals surface area contributed by atoms with Crippen molar-refractivity contribution < 1.29 is 14.8 Å². The summed E-state index contributed by atoms with van der Waals surface area (Å²) in [6, 6.07) is -0.968. The minimum atomic E-state index is -0.968. The number of nitrogens with one attached hydrogen (secondary N) is 1. The lowest BCUT2D eigenvalue weighted by Gasteiger charge is -2.08. The van der Waals surface area contributed by atoms with E-state index in [-0.39, 0.29) is 5.06 Å². The summed E-state index contributed by atoms with van der Waals surface area (Å²) >= 11 is 0. The van der Waals surface area contributed by atoms with Crippen molar-refractivity contribution in [1.82, 2.24) is 10.4 Å². The Hall–Kier alpha value is -1.62. The zero-order valence-electron chi connectivity index (χ0n) is 5.78. The second-order valence-corrected chi connectivity index (χ2v) is 1.51. The second-order valence-electron chi connectivity index (χ2n) is 1.51. The first-order chi connectivity index (χ1) is 5.13. The van der Waals surface area contributed by atoms with Gasteiger partial charge in [0.1, 0.15) is 0 Å². The molecule has 0 bridgehead atoms. The van der Waals surface area contributed by atoms with E-state index in [4.69, 9.17) is 5.21 Å². The fourth-order valence-electron chi connectivity index (χ4n) is 0.335. The van der Waals surface area contributed by atoms with Crippen LogP contribution in [0, 0.1) is 0 Å². The molecule has 0 atom stereocenters. The van der Waals surface area contributed by atoms with Gasteiger partial charge in [0.15, 0.2) is 0 Å². The number of hydrogen-bond acceptors (Lipinski definition) is 3. The van der Waals surface area contributed by atoms with Gasteiger partial charge in [0.2, 0.25) is 0 Å². The summed E-state index contributed by atoms with van der Waals surface area (Å²) in [4.78, 5) is 21.1. The summed E-state index contributed by atoms with van der Waals surface area (Å²) in [7, 11) is 0. The number of nitrogens with zero attached hydrogens (tertiary/aromatic N) is 1. The van der Waals surface area contributed by atoms with E-state index in [9.17, 15) is 9.59 Å². The van der Waals surface area contributed by atoms with Crippen LogP contribution in [0.1, 0.15) is 0 Å². The predicted molar refractivity (Wildman–Crippen MR) is 37.6 cm³/mol. The number of urea groups is 1. The Morgan fingerprint density at radius 3 is 2.36 bits per heavy atom. The van der Waals surface area contributed by atoms with Gasteiger partial charge in [0.05, 0.1) is 0 Å². The normalized spacial score (nSPS) is 8.09. The minimum Gasteiger partial charge on any atom is -0.313 e. The Balaban J connectivity index is 4.11. The largest absolute Gasteiger partial charge is 0.352 e. The molecule has 0 fully saturated rings. The van der Waals surface area contributed by atoms with Crippen LogP contribution < -0.4 is 5.32 Å². The average molecular weight is 156 g/mol. The lowest BCUT2D eigenvalue weighted by molar-refractivity contribution is -0.146. The molecular formula is C6H8N2O3. The van der Waals surface area contributed by atoms with Gasteiger partial charge in [0.25, 0.3) is 5.91 Å². The third-order valence-corrected chi connectivity index (χ3v) is 0.801. The van der Waals surface area contributed by atoms with Crippen molar-refractivity contribution in [2.24, 2.45) is 0 Å². The van der Waals surface area contributed by atoms with E-state index in [1.54, 1.807) is 0 Å². The molecule has 0 aliphatic carbocycles. The molecule has 2 N–H and O–H groups in total. The number of rotatable bonds is 2. The fourth-order valence-corrected chi connectivity index (χ4v) is 0.335. The summed E-state index contributed by atoms with van der Waals surface area (Å²) in [6.45, 7) is 6.23. The van der Waals surface area contributed by atoms with Gasteiger partial charge >= 0.3 is 6.03 Å². The predicted octanol–water partition coefficient (Wildman–Crippen LogP) is 0.243. The van der Waals surface area contributed by atoms with Crippen LogP contribution in [0.2, 0.25) is 0 Å². The molecule has 0 aromatic heterocycles. The fraction of sp³-hybridized carbons (Fsp3) is 0. The Labute approximate surface area is 63.6 Å². The first-order valence-electron chi connectivity index (χ1n) is 2.70. The Kier molecular flexibility index (Phi) is 3.61. The monoisotopic (exact) mass is 156 g/mol. The molecule has 3 amide bonds. The first kappa shape index (κ1) is 9.38. The Bertz CT molecular complexity index is 200. The summed E-state index contributed by atoms with van der Waals surface area (Å²) in [5, 5.41) is 10.6. The quantitative estimate of drug-likeness (QED) is 0.342. The van der Waals surface area contributed by atoms with Crippen LogP contribution in [-0.4, -0.2) is 22.2 Å². The molecule has 0 aliphatic heterocycles. The SMILES string of the molecule is C=CNC(=O)N(O)C(=O)C=C. The zero-order chi connectivity index (χ0) is 8.85. The van der Waals surface area contributed by atoms with Gasteiger partial charge in [-0.2, -0.15) is 0 Å². The third-order valence-electron chi connectivity index (χ3n) is 0.801. The van der Waals surface area contributed by atoms with Crippen molar-refractivity contribution in [3.8, 4) is 0 Å². The van der Waals surface area contributed by atoms with Gasteiger partial charge in [-0.1, -0.05) is 13.2 Å². The van der Waals surface area contributed by atoms with E-state index in [0.717, 1.165) is 12.3 Å². The lowest BCUT2D eigenvalue weighted by Crippen LogP contribution is -2.38. The molecule has 0 aliphatic rings. The van der Waals surface area contributed by atoms with Crippen LogP contribution in [-0.2, 0) is 4.79 Å². The van der Waals surface area contributed by atoms with Crippen molar-refractivity contribution in [3.05, 3.63) is 25.4 Å². The van der Waals surface area contributed by atoms with Gasteiger partial charge in [0, 0.05) is 0 Å². The Morgan fingerprint density at radius 1 is 1.45 bits per heavy atom. The highest BCUT2D eigenvalue weighted by molar-refractivity contribution is 5.98. The molecule has 0 unspecified atom stereocenters. The molecular weight excluding hydrogens is 148 g/mol. The molecule has 0 saturated heterocycles. The van der Waals surface area contributed by atoms with Gasteiger partial charge in [-0.25, -0.2) is 4.79 Å². The van der Waals surface area contributed by atoms with E-state index in [1.165, 1.54) is 0 Å². The van der Waals surface area contributed by atoms with Gasteiger partial charge in [-0.05, 0) is 12.3 Å². The molecule has 0 aromatic rings. The number of imide groups is 1. The van der Waals surface area contributed by atoms with Crippen LogP contribution >= 0.6 is 0 Å². The van der Waals surface area contributed by atoms with Gasteiger partial charge in [-0.15, -0.1) is 5.06 Å². The highest BCUT2D eigenvalue weighted by Gasteiger charge is 2.14. The van der Waals surface area contributed by atoms with E-state index in [1.807, 2.05) is 5.32 Å². The van der Waals surface area contributed by atoms with E-state index < -0.39 is 11.9 Å². The standard InChI is InChI=1S/C6H8N2O3/c1-3-5(9)8(11)6(10)7-4-2/h3-4,11H,1-2H2,(H,7,10). The number of hydroxylamine groups is 2. The second kappa shape index (κ2) is 4.24. The van der Waals surface area contributed by atoms with E-state index in [2.05, 4.69) is 13.2 Å². The smallest absolute Gasteiger partial charge is 0.313 e. The van der Waals surface area contributed by atoms with Crippen molar-refractivity contribution in [3.63, 3.8) is 0 Å². The summed E-state index contributed by atoms with van der Waals surface area (Å²) < 4.78 is 0.